The van der Waals surface area contributed by atoms with Crippen LogP contribution in [0.5, 0.6) is 0 Å². The van der Waals surface area contributed by atoms with Crippen molar-refractivity contribution in [2.24, 2.45) is 0 Å². The summed E-state index contributed by atoms with van der Waals surface area (Å²) < 4.78 is 0. The summed E-state index contributed by atoms with van der Waals surface area (Å²) in [6.07, 6.45) is 2.36. The van der Waals surface area contributed by atoms with E-state index < -0.39 is 0 Å². The van der Waals surface area contributed by atoms with Gasteiger partial charge >= 0.3 is 0 Å². The Morgan fingerprint density at radius 1 is 1.38 bits per heavy atom. The van der Waals surface area contributed by atoms with Gasteiger partial charge in [-0.25, -0.2) is 0 Å². The van der Waals surface area contributed by atoms with Gasteiger partial charge < -0.3 is 21.1 Å². The summed E-state index contributed by atoms with van der Waals surface area (Å²) in [5, 5.41) is 16.7. The predicted octanol–water partition coefficient (Wildman–Crippen LogP) is -1.65. The van der Waals surface area contributed by atoms with Crippen LogP contribution in [-0.2, 0) is 9.59 Å². The van der Waals surface area contributed by atoms with E-state index in [0.29, 0.717) is 13.0 Å². The number of nitrogens with one attached hydrogen (secondary N) is 3. The average molecular weight is 229 g/mol. The Labute approximate surface area is 94.8 Å². The van der Waals surface area contributed by atoms with Gasteiger partial charge in [0.2, 0.25) is 11.8 Å². The Balaban J connectivity index is 2.08. The highest BCUT2D eigenvalue weighted by Crippen LogP contribution is 2.03. The van der Waals surface area contributed by atoms with Crippen molar-refractivity contribution in [3.8, 4) is 0 Å². The SMILES string of the molecule is O=C(CNC(=O)[C@@H]1CCCN1)NCCCO. The van der Waals surface area contributed by atoms with E-state index in [4.69, 9.17) is 5.11 Å². The summed E-state index contributed by atoms with van der Waals surface area (Å²) in [5.74, 6) is -0.338. The zero-order valence-electron chi connectivity index (χ0n) is 9.29. The maximum absolute atomic E-state index is 11.5. The Morgan fingerprint density at radius 3 is 2.81 bits per heavy atom. The van der Waals surface area contributed by atoms with Gasteiger partial charge in [-0.2, -0.15) is 0 Å². The molecule has 0 aromatic carbocycles. The number of carbonyl (C=O) groups excluding carboxylic acids is 2. The first-order valence-corrected chi connectivity index (χ1v) is 5.62. The van der Waals surface area contributed by atoms with Crippen molar-refractivity contribution in [2.45, 2.75) is 25.3 Å². The third-order valence-corrected chi connectivity index (χ3v) is 2.46. The molecule has 1 atom stereocenters. The molecule has 92 valence electrons. The second-order valence-electron chi connectivity index (χ2n) is 3.79. The van der Waals surface area contributed by atoms with Crippen LogP contribution in [0.1, 0.15) is 19.3 Å². The van der Waals surface area contributed by atoms with Crippen LogP contribution in [0, 0.1) is 0 Å². The van der Waals surface area contributed by atoms with Crippen molar-refractivity contribution in [1.29, 1.82) is 0 Å². The van der Waals surface area contributed by atoms with Gasteiger partial charge in [0.1, 0.15) is 0 Å². The molecule has 2 amide bonds. The van der Waals surface area contributed by atoms with E-state index >= 15 is 0 Å². The minimum absolute atomic E-state index is 0.00242. The molecule has 6 heteroatoms. The summed E-state index contributed by atoms with van der Waals surface area (Å²) in [5.41, 5.74) is 0. The highest BCUT2D eigenvalue weighted by atomic mass is 16.3. The van der Waals surface area contributed by atoms with Gasteiger partial charge in [0, 0.05) is 13.2 Å². The van der Waals surface area contributed by atoms with Crippen LogP contribution in [0.2, 0.25) is 0 Å². The van der Waals surface area contributed by atoms with Gasteiger partial charge in [-0.1, -0.05) is 0 Å². The fraction of sp³-hybridized carbons (Fsp3) is 0.800. The number of rotatable bonds is 6. The largest absolute Gasteiger partial charge is 0.396 e. The van der Waals surface area contributed by atoms with Gasteiger partial charge in [-0.05, 0) is 25.8 Å². The van der Waals surface area contributed by atoms with E-state index in [0.717, 1.165) is 19.4 Å². The molecule has 1 saturated heterocycles. The molecule has 0 saturated carbocycles. The van der Waals surface area contributed by atoms with Crippen LogP contribution >= 0.6 is 0 Å². The number of amides is 2. The Morgan fingerprint density at radius 2 is 2.19 bits per heavy atom. The first kappa shape index (κ1) is 12.9. The molecule has 0 bridgehead atoms. The zero-order chi connectivity index (χ0) is 11.8. The summed E-state index contributed by atoms with van der Waals surface area (Å²) in [6, 6.07) is -0.148. The molecular weight excluding hydrogens is 210 g/mol. The number of carbonyl (C=O) groups is 2. The normalized spacial score (nSPS) is 19.4. The first-order chi connectivity index (χ1) is 7.74. The molecule has 1 aliphatic rings. The molecule has 6 nitrogen and oxygen atoms in total. The van der Waals surface area contributed by atoms with Crippen LogP contribution in [-0.4, -0.2) is 49.2 Å². The lowest BCUT2D eigenvalue weighted by Gasteiger charge is -2.10. The number of hydrogen-bond donors (Lipinski definition) is 4. The minimum Gasteiger partial charge on any atom is -0.396 e. The summed E-state index contributed by atoms with van der Waals surface area (Å²) in [7, 11) is 0. The smallest absolute Gasteiger partial charge is 0.239 e. The lowest BCUT2D eigenvalue weighted by atomic mass is 10.2. The molecule has 4 N–H and O–H groups in total. The van der Waals surface area contributed by atoms with Crippen molar-refractivity contribution in [3.63, 3.8) is 0 Å². The molecule has 1 aliphatic heterocycles. The van der Waals surface area contributed by atoms with E-state index in [9.17, 15) is 9.59 Å². The summed E-state index contributed by atoms with van der Waals surface area (Å²) in [6.45, 7) is 1.36. The van der Waals surface area contributed by atoms with Crippen molar-refractivity contribution in [2.75, 3.05) is 26.2 Å². The number of aliphatic hydroxyl groups is 1. The van der Waals surface area contributed by atoms with Crippen LogP contribution in [0.4, 0.5) is 0 Å². The van der Waals surface area contributed by atoms with E-state index in [1.165, 1.54) is 0 Å². The molecule has 1 rings (SSSR count). The molecule has 0 spiro atoms. The monoisotopic (exact) mass is 229 g/mol. The van der Waals surface area contributed by atoms with Gasteiger partial charge in [0.05, 0.1) is 12.6 Å². The van der Waals surface area contributed by atoms with Crippen LogP contribution in [0.25, 0.3) is 0 Å². The maximum atomic E-state index is 11.5. The molecule has 0 aromatic heterocycles. The predicted molar refractivity (Wildman–Crippen MR) is 58.7 cm³/mol. The third-order valence-electron chi connectivity index (χ3n) is 2.46. The highest BCUT2D eigenvalue weighted by molar-refractivity contribution is 5.87. The number of hydrogen-bond acceptors (Lipinski definition) is 4. The van der Waals surface area contributed by atoms with E-state index in [-0.39, 0.29) is 31.0 Å². The molecule has 0 aromatic rings. The highest BCUT2D eigenvalue weighted by Gasteiger charge is 2.21. The fourth-order valence-electron chi connectivity index (χ4n) is 1.57. The molecule has 1 fully saturated rings. The van der Waals surface area contributed by atoms with Crippen LogP contribution < -0.4 is 16.0 Å². The number of aliphatic hydroxyl groups excluding tert-OH is 1. The molecular formula is C10H19N3O3. The fourth-order valence-corrected chi connectivity index (χ4v) is 1.57. The average Bonchev–Trinajstić information content (AvgIpc) is 2.79. The topological polar surface area (TPSA) is 90.5 Å². The van der Waals surface area contributed by atoms with Gasteiger partial charge in [-0.3, -0.25) is 9.59 Å². The lowest BCUT2D eigenvalue weighted by Crippen LogP contribution is -2.44. The second kappa shape index (κ2) is 7.19. The zero-order valence-corrected chi connectivity index (χ0v) is 9.29. The molecule has 0 unspecified atom stereocenters. The van der Waals surface area contributed by atoms with Gasteiger partial charge in [0.15, 0.2) is 0 Å². The Kier molecular flexibility index (Phi) is 5.81. The Hall–Kier alpha value is -1.14. The summed E-state index contributed by atoms with van der Waals surface area (Å²) >= 11 is 0. The van der Waals surface area contributed by atoms with Crippen molar-refractivity contribution < 1.29 is 14.7 Å². The van der Waals surface area contributed by atoms with Gasteiger partial charge in [-0.15, -0.1) is 0 Å². The standard InChI is InChI=1S/C10H19N3O3/c14-6-2-5-12-9(15)7-13-10(16)8-3-1-4-11-8/h8,11,14H,1-7H2,(H,12,15)(H,13,16)/t8-/m0/s1. The molecule has 16 heavy (non-hydrogen) atoms. The van der Waals surface area contributed by atoms with Crippen molar-refractivity contribution >= 4 is 11.8 Å². The first-order valence-electron chi connectivity index (χ1n) is 5.62. The van der Waals surface area contributed by atoms with Crippen LogP contribution in [0.3, 0.4) is 0 Å². The van der Waals surface area contributed by atoms with Crippen molar-refractivity contribution in [3.05, 3.63) is 0 Å². The molecule has 0 radical (unpaired) electrons. The lowest BCUT2D eigenvalue weighted by molar-refractivity contribution is -0.127. The maximum Gasteiger partial charge on any atom is 0.239 e. The van der Waals surface area contributed by atoms with Gasteiger partial charge in [0.25, 0.3) is 0 Å². The summed E-state index contributed by atoms with van der Waals surface area (Å²) in [4.78, 5) is 22.7. The Bertz CT molecular complexity index is 239. The van der Waals surface area contributed by atoms with Crippen molar-refractivity contribution in [1.82, 2.24) is 16.0 Å². The molecule has 1 heterocycles. The minimum atomic E-state index is -0.222. The third kappa shape index (κ3) is 4.59. The van der Waals surface area contributed by atoms with E-state index in [1.807, 2.05) is 0 Å². The second-order valence-corrected chi connectivity index (χ2v) is 3.79. The van der Waals surface area contributed by atoms with Crippen LogP contribution in [0.15, 0.2) is 0 Å². The van der Waals surface area contributed by atoms with E-state index in [1.54, 1.807) is 0 Å². The van der Waals surface area contributed by atoms with E-state index in [2.05, 4.69) is 16.0 Å². The molecule has 0 aliphatic carbocycles. The quantitative estimate of drug-likeness (QED) is 0.411.